The molecule has 2 aliphatic heterocycles. The third-order valence-corrected chi connectivity index (χ3v) is 7.36. The molecule has 2 heterocycles. The summed E-state index contributed by atoms with van der Waals surface area (Å²) in [4.78, 5) is 12.6. The number of hydrogen-bond donors (Lipinski definition) is 2. The molecule has 2 aliphatic rings. The average molecular weight is 416 g/mol. The van der Waals surface area contributed by atoms with E-state index in [1.807, 2.05) is 0 Å². The second-order valence-corrected chi connectivity index (χ2v) is 9.47. The van der Waals surface area contributed by atoms with Crippen LogP contribution in [0.1, 0.15) is 43.0 Å². The van der Waals surface area contributed by atoms with Crippen LogP contribution in [0.25, 0.3) is 0 Å². The maximum atomic E-state index is 12.7. The van der Waals surface area contributed by atoms with Gasteiger partial charge in [-0.25, -0.2) is 8.42 Å². The number of piperidine rings is 2. The largest absolute Gasteiger partial charge is 0.352 e. The standard InChI is InChI=1S/C19H29N3O3S.ClH/c1-15-8-11-22(12-9-15)26(24,25)18-6-4-17(5-7-18)19(23)21-14-16-3-2-10-20-13-16;/h4-7,15-16,20H,2-3,8-14H2,1H3,(H,21,23);1H. The van der Waals surface area contributed by atoms with Crippen LogP contribution in [0.15, 0.2) is 29.2 Å². The van der Waals surface area contributed by atoms with Crippen molar-refractivity contribution in [1.29, 1.82) is 0 Å². The maximum Gasteiger partial charge on any atom is 0.251 e. The lowest BCUT2D eigenvalue weighted by molar-refractivity contribution is 0.0944. The summed E-state index contributed by atoms with van der Waals surface area (Å²) < 4.78 is 27.0. The van der Waals surface area contributed by atoms with E-state index in [9.17, 15) is 13.2 Å². The predicted molar refractivity (Wildman–Crippen MR) is 109 cm³/mol. The number of nitrogens with one attached hydrogen (secondary N) is 2. The summed E-state index contributed by atoms with van der Waals surface area (Å²) in [5.74, 6) is 0.895. The molecule has 1 aromatic rings. The quantitative estimate of drug-likeness (QED) is 0.773. The molecule has 152 valence electrons. The van der Waals surface area contributed by atoms with Gasteiger partial charge in [0, 0.05) is 25.2 Å². The number of carbonyl (C=O) groups excluding carboxylic acids is 1. The van der Waals surface area contributed by atoms with Gasteiger partial charge in [-0.05, 0) is 74.9 Å². The second-order valence-electron chi connectivity index (χ2n) is 7.53. The maximum absolute atomic E-state index is 12.7. The average Bonchev–Trinajstić information content (AvgIpc) is 2.67. The molecule has 6 nitrogen and oxygen atoms in total. The van der Waals surface area contributed by atoms with Crippen LogP contribution in [-0.4, -0.2) is 51.4 Å². The Kier molecular flexibility index (Phi) is 8.09. The smallest absolute Gasteiger partial charge is 0.251 e. The normalized spacial score (nSPS) is 22.0. The summed E-state index contributed by atoms with van der Waals surface area (Å²) in [7, 11) is -3.46. The number of halogens is 1. The minimum absolute atomic E-state index is 0. The van der Waals surface area contributed by atoms with Gasteiger partial charge in [0.15, 0.2) is 0 Å². The van der Waals surface area contributed by atoms with E-state index in [4.69, 9.17) is 0 Å². The molecule has 3 rings (SSSR count). The molecule has 2 N–H and O–H groups in total. The van der Waals surface area contributed by atoms with Gasteiger partial charge in [-0.2, -0.15) is 4.31 Å². The Morgan fingerprint density at radius 3 is 2.44 bits per heavy atom. The third-order valence-electron chi connectivity index (χ3n) is 5.45. The first-order valence-electron chi connectivity index (χ1n) is 9.56. The molecule has 1 amide bonds. The summed E-state index contributed by atoms with van der Waals surface area (Å²) >= 11 is 0. The van der Waals surface area contributed by atoms with Crippen molar-refractivity contribution in [3.05, 3.63) is 29.8 Å². The van der Waals surface area contributed by atoms with Gasteiger partial charge in [0.2, 0.25) is 10.0 Å². The monoisotopic (exact) mass is 415 g/mol. The van der Waals surface area contributed by atoms with Crippen LogP contribution in [0.4, 0.5) is 0 Å². The topological polar surface area (TPSA) is 78.5 Å². The lowest BCUT2D eigenvalue weighted by Crippen LogP contribution is -2.38. The molecule has 0 aliphatic carbocycles. The number of rotatable bonds is 5. The van der Waals surface area contributed by atoms with Crippen LogP contribution in [0, 0.1) is 11.8 Å². The van der Waals surface area contributed by atoms with Crippen molar-refractivity contribution in [1.82, 2.24) is 14.9 Å². The molecule has 0 spiro atoms. The molecule has 0 aromatic heterocycles. The fourth-order valence-electron chi connectivity index (χ4n) is 3.59. The number of carbonyl (C=O) groups is 1. The number of sulfonamides is 1. The number of benzene rings is 1. The SMILES string of the molecule is CC1CCN(S(=O)(=O)c2ccc(C(=O)NCC3CCCNC3)cc2)CC1.Cl. The van der Waals surface area contributed by atoms with Gasteiger partial charge in [0.05, 0.1) is 4.90 Å². The fourth-order valence-corrected chi connectivity index (χ4v) is 5.06. The van der Waals surface area contributed by atoms with Crippen molar-refractivity contribution in [3.63, 3.8) is 0 Å². The van der Waals surface area contributed by atoms with Gasteiger partial charge < -0.3 is 10.6 Å². The van der Waals surface area contributed by atoms with E-state index >= 15 is 0 Å². The summed E-state index contributed by atoms with van der Waals surface area (Å²) in [5.41, 5.74) is 0.500. The molecular weight excluding hydrogens is 386 g/mol. The third kappa shape index (κ3) is 5.67. The van der Waals surface area contributed by atoms with Crippen molar-refractivity contribution in [2.75, 3.05) is 32.7 Å². The molecule has 1 atom stereocenters. The molecule has 0 saturated carbocycles. The van der Waals surface area contributed by atoms with Crippen LogP contribution in [-0.2, 0) is 10.0 Å². The first-order valence-corrected chi connectivity index (χ1v) is 11.0. The zero-order chi connectivity index (χ0) is 18.6. The van der Waals surface area contributed by atoms with E-state index in [2.05, 4.69) is 17.6 Å². The lowest BCUT2D eigenvalue weighted by atomic mass is 10.00. The molecule has 2 saturated heterocycles. The highest BCUT2D eigenvalue weighted by atomic mass is 35.5. The van der Waals surface area contributed by atoms with Crippen LogP contribution in [0.3, 0.4) is 0 Å². The number of nitrogens with zero attached hydrogens (tertiary/aromatic N) is 1. The molecular formula is C19H30ClN3O3S. The molecule has 1 unspecified atom stereocenters. The molecule has 1 aromatic carbocycles. The minimum atomic E-state index is -3.46. The van der Waals surface area contributed by atoms with Crippen molar-refractivity contribution < 1.29 is 13.2 Å². The zero-order valence-electron chi connectivity index (χ0n) is 15.8. The summed E-state index contributed by atoms with van der Waals surface area (Å²) in [6.45, 7) is 5.93. The van der Waals surface area contributed by atoms with E-state index in [0.717, 1.165) is 38.8 Å². The van der Waals surface area contributed by atoms with Gasteiger partial charge in [0.25, 0.3) is 5.91 Å². The lowest BCUT2D eigenvalue weighted by Gasteiger charge is -2.29. The molecule has 0 radical (unpaired) electrons. The van der Waals surface area contributed by atoms with Crippen molar-refractivity contribution in [2.45, 2.75) is 37.5 Å². The van der Waals surface area contributed by atoms with Gasteiger partial charge >= 0.3 is 0 Å². The van der Waals surface area contributed by atoms with Gasteiger partial charge in [-0.1, -0.05) is 6.92 Å². The summed E-state index contributed by atoms with van der Waals surface area (Å²) in [6, 6.07) is 6.30. The second kappa shape index (κ2) is 9.87. The number of hydrogen-bond acceptors (Lipinski definition) is 4. The molecule has 8 heteroatoms. The zero-order valence-corrected chi connectivity index (χ0v) is 17.4. The highest BCUT2D eigenvalue weighted by molar-refractivity contribution is 7.89. The van der Waals surface area contributed by atoms with E-state index in [-0.39, 0.29) is 23.2 Å². The van der Waals surface area contributed by atoms with E-state index < -0.39 is 10.0 Å². The molecule has 0 bridgehead atoms. The van der Waals surface area contributed by atoms with Gasteiger partial charge in [-0.15, -0.1) is 12.4 Å². The molecule has 2 fully saturated rings. The predicted octanol–water partition coefficient (Wildman–Crippen LogP) is 2.26. The fraction of sp³-hybridized carbons (Fsp3) is 0.632. The van der Waals surface area contributed by atoms with Crippen LogP contribution in [0.2, 0.25) is 0 Å². The van der Waals surface area contributed by atoms with Crippen molar-refractivity contribution in [2.24, 2.45) is 11.8 Å². The van der Waals surface area contributed by atoms with E-state index in [0.29, 0.717) is 37.0 Å². The Bertz CT molecular complexity index is 710. The first kappa shape index (κ1) is 22.1. The highest BCUT2D eigenvalue weighted by Gasteiger charge is 2.28. The Hall–Kier alpha value is -1.15. The van der Waals surface area contributed by atoms with Gasteiger partial charge in [-0.3, -0.25) is 4.79 Å². The summed E-state index contributed by atoms with van der Waals surface area (Å²) in [5, 5.41) is 6.29. The van der Waals surface area contributed by atoms with E-state index in [1.54, 1.807) is 28.6 Å². The number of amides is 1. The minimum Gasteiger partial charge on any atom is -0.352 e. The molecule has 27 heavy (non-hydrogen) atoms. The van der Waals surface area contributed by atoms with E-state index in [1.165, 1.54) is 0 Å². The van der Waals surface area contributed by atoms with Gasteiger partial charge in [0.1, 0.15) is 0 Å². The van der Waals surface area contributed by atoms with Crippen LogP contribution in [0.5, 0.6) is 0 Å². The van der Waals surface area contributed by atoms with Crippen molar-refractivity contribution >= 4 is 28.3 Å². The Labute approximate surface area is 168 Å². The highest BCUT2D eigenvalue weighted by Crippen LogP contribution is 2.23. The van der Waals surface area contributed by atoms with Crippen LogP contribution < -0.4 is 10.6 Å². The Morgan fingerprint density at radius 1 is 1.19 bits per heavy atom. The van der Waals surface area contributed by atoms with Crippen molar-refractivity contribution in [3.8, 4) is 0 Å². The van der Waals surface area contributed by atoms with Crippen LogP contribution >= 0.6 is 12.4 Å². The Balaban J connectivity index is 0.00000261. The first-order chi connectivity index (χ1) is 12.5. The summed E-state index contributed by atoms with van der Waals surface area (Å²) in [6.07, 6.45) is 4.06. The Morgan fingerprint density at radius 2 is 1.85 bits per heavy atom.